The van der Waals surface area contributed by atoms with E-state index in [-0.39, 0.29) is 31.1 Å². The van der Waals surface area contributed by atoms with Crippen molar-refractivity contribution < 1.29 is 28.6 Å². The zero-order valence-corrected chi connectivity index (χ0v) is 50.4. The monoisotopic (exact) mass is 1040 g/mol. The molecular formula is C68H130O6. The predicted octanol–water partition coefficient (Wildman–Crippen LogP) is 22.8. The quantitative estimate of drug-likeness (QED) is 0.0261. The van der Waals surface area contributed by atoms with E-state index in [1.165, 1.54) is 289 Å². The number of hydrogen-bond donors (Lipinski definition) is 0. The van der Waals surface area contributed by atoms with Gasteiger partial charge in [-0.25, -0.2) is 0 Å². The molecule has 0 bridgehead atoms. The Morgan fingerprint density at radius 2 is 0.446 bits per heavy atom. The van der Waals surface area contributed by atoms with Gasteiger partial charge in [0, 0.05) is 19.3 Å². The number of carbonyl (C=O) groups is 3. The van der Waals surface area contributed by atoms with Gasteiger partial charge < -0.3 is 14.2 Å². The van der Waals surface area contributed by atoms with Crippen LogP contribution in [0.1, 0.15) is 387 Å². The molecule has 0 aliphatic carbocycles. The maximum Gasteiger partial charge on any atom is 0.306 e. The predicted molar refractivity (Wildman–Crippen MR) is 321 cm³/mol. The molecule has 1 atom stereocenters. The third kappa shape index (κ3) is 61.0. The van der Waals surface area contributed by atoms with E-state index in [9.17, 15) is 14.4 Å². The molecule has 6 nitrogen and oxygen atoms in total. The van der Waals surface area contributed by atoms with Gasteiger partial charge in [0.1, 0.15) is 13.2 Å². The number of rotatable bonds is 63. The Balaban J connectivity index is 4.30. The van der Waals surface area contributed by atoms with Crippen LogP contribution in [-0.4, -0.2) is 37.2 Å². The molecule has 438 valence electrons. The Bertz CT molecular complexity index is 1150. The van der Waals surface area contributed by atoms with E-state index in [1.807, 2.05) is 0 Å². The first kappa shape index (κ1) is 72.2. The van der Waals surface area contributed by atoms with Crippen LogP contribution in [0.5, 0.6) is 0 Å². The van der Waals surface area contributed by atoms with E-state index in [0.29, 0.717) is 19.3 Å². The Kier molecular flexibility index (Phi) is 62.1. The molecule has 0 aliphatic rings. The number of carbonyl (C=O) groups excluding carboxylic acids is 3. The molecule has 0 amide bonds. The lowest BCUT2D eigenvalue weighted by Crippen LogP contribution is -2.30. The van der Waals surface area contributed by atoms with E-state index in [4.69, 9.17) is 14.2 Å². The average molecular weight is 1040 g/mol. The zero-order chi connectivity index (χ0) is 53.6. The van der Waals surface area contributed by atoms with Crippen molar-refractivity contribution in [3.05, 3.63) is 12.2 Å². The van der Waals surface area contributed by atoms with E-state index < -0.39 is 6.10 Å². The largest absolute Gasteiger partial charge is 0.462 e. The van der Waals surface area contributed by atoms with Gasteiger partial charge in [-0.2, -0.15) is 0 Å². The molecule has 0 N–H and O–H groups in total. The lowest BCUT2D eigenvalue weighted by atomic mass is 10.0. The first-order chi connectivity index (χ1) is 36.5. The summed E-state index contributed by atoms with van der Waals surface area (Å²) in [4.78, 5) is 38.4. The molecule has 0 saturated heterocycles. The summed E-state index contributed by atoms with van der Waals surface area (Å²) in [7, 11) is 0. The van der Waals surface area contributed by atoms with Gasteiger partial charge in [0.15, 0.2) is 6.10 Å². The van der Waals surface area contributed by atoms with E-state index in [2.05, 4.69) is 32.9 Å². The van der Waals surface area contributed by atoms with Crippen LogP contribution in [0.25, 0.3) is 0 Å². The molecule has 0 rings (SSSR count). The molecule has 6 heteroatoms. The van der Waals surface area contributed by atoms with Crippen molar-refractivity contribution in [3.63, 3.8) is 0 Å². The van der Waals surface area contributed by atoms with Gasteiger partial charge in [-0.15, -0.1) is 0 Å². The first-order valence-electron chi connectivity index (χ1n) is 33.7. The summed E-state index contributed by atoms with van der Waals surface area (Å²) < 4.78 is 17.0. The fourth-order valence-corrected chi connectivity index (χ4v) is 10.4. The maximum absolute atomic E-state index is 12.9. The van der Waals surface area contributed by atoms with Crippen LogP contribution < -0.4 is 0 Å². The van der Waals surface area contributed by atoms with Crippen LogP contribution in [0.3, 0.4) is 0 Å². The number of esters is 3. The average Bonchev–Trinajstić information content (AvgIpc) is 3.40. The number of hydrogen-bond acceptors (Lipinski definition) is 6. The maximum atomic E-state index is 12.9. The van der Waals surface area contributed by atoms with Gasteiger partial charge in [-0.1, -0.05) is 335 Å². The number of unbranched alkanes of at least 4 members (excludes halogenated alkanes) is 50. The highest BCUT2D eigenvalue weighted by atomic mass is 16.6. The normalized spacial score (nSPS) is 12.0. The smallest absolute Gasteiger partial charge is 0.306 e. The summed E-state index contributed by atoms with van der Waals surface area (Å²) >= 11 is 0. The molecule has 0 aromatic heterocycles. The van der Waals surface area contributed by atoms with E-state index in [1.54, 1.807) is 0 Å². The Morgan fingerprint density at radius 3 is 0.676 bits per heavy atom. The fraction of sp³-hybridized carbons (Fsp3) is 0.926. The molecule has 0 aromatic rings. The lowest BCUT2D eigenvalue weighted by Gasteiger charge is -2.18. The Morgan fingerprint density at radius 1 is 0.257 bits per heavy atom. The molecule has 74 heavy (non-hydrogen) atoms. The molecule has 0 spiro atoms. The van der Waals surface area contributed by atoms with Gasteiger partial charge in [-0.05, 0) is 44.9 Å². The van der Waals surface area contributed by atoms with Crippen LogP contribution in [-0.2, 0) is 28.6 Å². The van der Waals surface area contributed by atoms with Crippen molar-refractivity contribution in [2.45, 2.75) is 393 Å². The third-order valence-corrected chi connectivity index (χ3v) is 15.5. The SMILES string of the molecule is CCCCCCCCCC/C=C\CCCCCCCCCC(=O)OC[C@@H](COC(=O)CCCCCCCCCCCCCCCCCCCC)OC(=O)CCCCCCCCCCCCCCCCCCCCC. The van der Waals surface area contributed by atoms with Crippen molar-refractivity contribution in [3.8, 4) is 0 Å². The molecular weight excluding hydrogens is 913 g/mol. The van der Waals surface area contributed by atoms with E-state index >= 15 is 0 Å². The molecule has 0 aromatic carbocycles. The molecule has 0 heterocycles. The van der Waals surface area contributed by atoms with Gasteiger partial charge >= 0.3 is 17.9 Å². The van der Waals surface area contributed by atoms with Crippen molar-refractivity contribution in [2.24, 2.45) is 0 Å². The minimum Gasteiger partial charge on any atom is -0.462 e. The van der Waals surface area contributed by atoms with Crippen LogP contribution in [0.4, 0.5) is 0 Å². The fourth-order valence-electron chi connectivity index (χ4n) is 10.4. The standard InChI is InChI=1S/C68H130O6/c1-4-7-10-13-16-19-22-25-28-31-34-37-40-43-46-49-52-55-58-61-67(70)73-64-65(63-72-66(69)60-57-54-51-48-45-42-39-36-33-30-27-24-21-18-15-12-9-6-3)74-68(71)62-59-56-53-50-47-44-41-38-35-32-29-26-23-20-17-14-11-8-5-2/h31,34,65H,4-30,32-33,35-64H2,1-3H3/b34-31-/t65-/m1/s1. The van der Waals surface area contributed by atoms with Gasteiger partial charge in [-0.3, -0.25) is 14.4 Å². The first-order valence-corrected chi connectivity index (χ1v) is 33.7. The second-order valence-corrected chi connectivity index (χ2v) is 23.1. The van der Waals surface area contributed by atoms with Crippen molar-refractivity contribution in [2.75, 3.05) is 13.2 Å². The molecule has 0 unspecified atom stereocenters. The summed E-state index contributed by atoms with van der Waals surface area (Å²) in [5.41, 5.74) is 0. The van der Waals surface area contributed by atoms with Crippen molar-refractivity contribution >= 4 is 17.9 Å². The third-order valence-electron chi connectivity index (χ3n) is 15.5. The van der Waals surface area contributed by atoms with Crippen molar-refractivity contribution in [1.29, 1.82) is 0 Å². The minimum absolute atomic E-state index is 0.0643. The van der Waals surface area contributed by atoms with E-state index in [0.717, 1.165) is 57.8 Å². The second kappa shape index (κ2) is 63.7. The van der Waals surface area contributed by atoms with Crippen LogP contribution in [0.15, 0.2) is 12.2 Å². The summed E-state index contributed by atoms with van der Waals surface area (Å²) in [5, 5.41) is 0. The molecule has 0 aliphatic heterocycles. The number of allylic oxidation sites excluding steroid dienone is 2. The number of ether oxygens (including phenoxy) is 3. The summed E-state index contributed by atoms with van der Waals surface area (Å²) in [5.74, 6) is -0.834. The van der Waals surface area contributed by atoms with Crippen LogP contribution >= 0.6 is 0 Å². The van der Waals surface area contributed by atoms with Gasteiger partial charge in [0.25, 0.3) is 0 Å². The molecule has 0 saturated carbocycles. The highest BCUT2D eigenvalue weighted by Gasteiger charge is 2.19. The van der Waals surface area contributed by atoms with Crippen LogP contribution in [0.2, 0.25) is 0 Å². The molecule has 0 fully saturated rings. The second-order valence-electron chi connectivity index (χ2n) is 23.1. The summed E-state index contributed by atoms with van der Waals surface area (Å²) in [6.45, 7) is 6.73. The van der Waals surface area contributed by atoms with Crippen molar-refractivity contribution in [1.82, 2.24) is 0 Å². The zero-order valence-electron chi connectivity index (χ0n) is 50.4. The van der Waals surface area contributed by atoms with Gasteiger partial charge in [0.2, 0.25) is 0 Å². The summed E-state index contributed by atoms with van der Waals surface area (Å²) in [6.07, 6.45) is 75.1. The summed E-state index contributed by atoms with van der Waals surface area (Å²) in [6, 6.07) is 0. The molecule has 0 radical (unpaired) electrons. The minimum atomic E-state index is -0.768. The lowest BCUT2D eigenvalue weighted by molar-refractivity contribution is -0.167. The highest BCUT2D eigenvalue weighted by Crippen LogP contribution is 2.18. The Hall–Kier alpha value is -1.85. The van der Waals surface area contributed by atoms with Crippen LogP contribution in [0, 0.1) is 0 Å². The van der Waals surface area contributed by atoms with Gasteiger partial charge in [0.05, 0.1) is 0 Å². The highest BCUT2D eigenvalue weighted by molar-refractivity contribution is 5.71. The topological polar surface area (TPSA) is 78.9 Å². The Labute approximate surface area is 462 Å².